The minimum absolute atomic E-state index is 0.120. The van der Waals surface area contributed by atoms with Crippen LogP contribution in [0, 0.1) is 0 Å². The number of nitrogens with zero attached hydrogens (tertiary/aromatic N) is 1. The van der Waals surface area contributed by atoms with E-state index >= 15 is 0 Å². The number of fused-ring (bicyclic) bond motifs is 1. The second-order valence-corrected chi connectivity index (χ2v) is 5.56. The zero-order valence-corrected chi connectivity index (χ0v) is 13.2. The number of ether oxygens (including phenoxy) is 1. The van der Waals surface area contributed by atoms with Gasteiger partial charge in [0.1, 0.15) is 5.75 Å². The molecule has 1 aliphatic heterocycles. The number of hydrogen-bond acceptors (Lipinski definition) is 3. The Hall–Kier alpha value is -2.69. The normalized spacial score (nSPS) is 13.3. The highest BCUT2D eigenvalue weighted by atomic mass is 16.5. The molecule has 0 atom stereocenters. The van der Waals surface area contributed by atoms with Gasteiger partial charge < -0.3 is 20.7 Å². The molecule has 0 aliphatic carbocycles. The molecule has 0 unspecified atom stereocenters. The highest BCUT2D eigenvalue weighted by molar-refractivity contribution is 5.91. The molecule has 3 rings (SSSR count). The summed E-state index contributed by atoms with van der Waals surface area (Å²) in [6, 6.07) is 13.2. The first kappa shape index (κ1) is 15.2. The summed E-state index contributed by atoms with van der Waals surface area (Å²) in [4.78, 5) is 14.3. The molecule has 3 N–H and O–H groups in total. The Labute approximate surface area is 136 Å². The lowest BCUT2D eigenvalue weighted by molar-refractivity contribution is 0.206. The average Bonchev–Trinajstić information content (AvgIpc) is 2.56. The third kappa shape index (κ3) is 3.39. The molecular formula is C18H21N3O2. The van der Waals surface area contributed by atoms with Crippen LogP contribution in [-0.4, -0.2) is 24.1 Å². The summed E-state index contributed by atoms with van der Waals surface area (Å²) in [5.74, 6) is 0.685. The van der Waals surface area contributed by atoms with Gasteiger partial charge in [-0.05, 0) is 48.7 Å². The number of anilines is 2. The number of carbonyl (C=O) groups excluding carboxylic acids is 1. The molecule has 2 aromatic carbocycles. The lowest BCUT2D eigenvalue weighted by Gasteiger charge is -2.29. The van der Waals surface area contributed by atoms with Crippen molar-refractivity contribution < 1.29 is 9.53 Å². The van der Waals surface area contributed by atoms with Crippen molar-refractivity contribution in [3.8, 4) is 5.75 Å². The fourth-order valence-electron chi connectivity index (χ4n) is 2.80. The monoisotopic (exact) mass is 311 g/mol. The summed E-state index contributed by atoms with van der Waals surface area (Å²) in [6.07, 6.45) is 0.843. The Kier molecular flexibility index (Phi) is 4.37. The van der Waals surface area contributed by atoms with E-state index in [1.165, 1.54) is 5.56 Å². The number of benzene rings is 2. The van der Waals surface area contributed by atoms with E-state index < -0.39 is 0 Å². The van der Waals surface area contributed by atoms with Gasteiger partial charge in [-0.15, -0.1) is 0 Å². The van der Waals surface area contributed by atoms with Crippen LogP contribution in [0.3, 0.4) is 0 Å². The molecule has 5 heteroatoms. The van der Waals surface area contributed by atoms with Gasteiger partial charge in [0.05, 0.1) is 12.3 Å². The average molecular weight is 311 g/mol. The van der Waals surface area contributed by atoms with Crippen LogP contribution >= 0.6 is 0 Å². The molecule has 120 valence electrons. The van der Waals surface area contributed by atoms with Gasteiger partial charge in [-0.2, -0.15) is 0 Å². The van der Waals surface area contributed by atoms with Crippen molar-refractivity contribution >= 4 is 17.4 Å². The quantitative estimate of drug-likeness (QED) is 0.855. The van der Waals surface area contributed by atoms with Crippen molar-refractivity contribution in [1.82, 2.24) is 4.90 Å². The first-order valence-electron chi connectivity index (χ1n) is 7.82. The third-order valence-electron chi connectivity index (χ3n) is 3.96. The summed E-state index contributed by atoms with van der Waals surface area (Å²) >= 11 is 0. The molecule has 0 spiro atoms. The van der Waals surface area contributed by atoms with Gasteiger partial charge in [0.25, 0.3) is 0 Å². The summed E-state index contributed by atoms with van der Waals surface area (Å²) < 4.78 is 5.55. The molecule has 0 bridgehead atoms. The van der Waals surface area contributed by atoms with Crippen LogP contribution in [0.5, 0.6) is 5.75 Å². The zero-order valence-electron chi connectivity index (χ0n) is 13.2. The minimum atomic E-state index is -0.120. The molecule has 2 aromatic rings. The third-order valence-corrected chi connectivity index (χ3v) is 3.96. The molecule has 1 heterocycles. The van der Waals surface area contributed by atoms with Gasteiger partial charge in [0, 0.05) is 18.8 Å². The zero-order chi connectivity index (χ0) is 16.2. The van der Waals surface area contributed by atoms with Crippen LogP contribution in [0.2, 0.25) is 0 Å². The van der Waals surface area contributed by atoms with E-state index in [0.717, 1.165) is 17.7 Å². The van der Waals surface area contributed by atoms with Gasteiger partial charge >= 0.3 is 6.03 Å². The van der Waals surface area contributed by atoms with E-state index in [1.54, 1.807) is 4.90 Å². The number of rotatable bonds is 3. The minimum Gasteiger partial charge on any atom is -0.492 e. The van der Waals surface area contributed by atoms with Crippen molar-refractivity contribution in [2.75, 3.05) is 24.2 Å². The summed E-state index contributed by atoms with van der Waals surface area (Å²) in [7, 11) is 0. The maximum atomic E-state index is 12.5. The fourth-order valence-corrected chi connectivity index (χ4v) is 2.80. The van der Waals surface area contributed by atoms with Gasteiger partial charge in [-0.3, -0.25) is 0 Å². The summed E-state index contributed by atoms with van der Waals surface area (Å²) in [6.45, 7) is 3.75. The maximum absolute atomic E-state index is 12.5. The molecule has 23 heavy (non-hydrogen) atoms. The van der Waals surface area contributed by atoms with Crippen LogP contribution in [0.4, 0.5) is 16.2 Å². The SMILES string of the molecule is CCOc1ccccc1NC(=O)N1CCc2ccc(N)cc2C1. The standard InChI is InChI=1S/C18H21N3O2/c1-2-23-17-6-4-3-5-16(17)20-18(22)21-10-9-13-7-8-15(19)11-14(13)12-21/h3-8,11H,2,9-10,12,19H2,1H3,(H,20,22). The number of para-hydroxylation sites is 2. The molecule has 0 saturated carbocycles. The molecule has 2 amide bonds. The maximum Gasteiger partial charge on any atom is 0.322 e. The Bertz CT molecular complexity index is 715. The van der Waals surface area contributed by atoms with E-state index in [2.05, 4.69) is 5.32 Å². The van der Waals surface area contributed by atoms with E-state index in [-0.39, 0.29) is 6.03 Å². The van der Waals surface area contributed by atoms with Gasteiger partial charge in [0.15, 0.2) is 0 Å². The molecule has 0 fully saturated rings. The number of nitrogens with one attached hydrogen (secondary N) is 1. The summed E-state index contributed by atoms with van der Waals surface area (Å²) in [5, 5.41) is 2.94. The molecule has 0 radical (unpaired) electrons. The number of carbonyl (C=O) groups is 1. The molecule has 0 aromatic heterocycles. The Balaban J connectivity index is 1.72. The van der Waals surface area contributed by atoms with Crippen LogP contribution in [0.25, 0.3) is 0 Å². The van der Waals surface area contributed by atoms with Crippen molar-refractivity contribution in [2.24, 2.45) is 0 Å². The Morgan fingerprint density at radius 2 is 2.09 bits per heavy atom. The predicted molar refractivity (Wildman–Crippen MR) is 91.6 cm³/mol. The smallest absolute Gasteiger partial charge is 0.322 e. The van der Waals surface area contributed by atoms with E-state index in [4.69, 9.17) is 10.5 Å². The van der Waals surface area contributed by atoms with Gasteiger partial charge in [0.2, 0.25) is 0 Å². The number of nitrogens with two attached hydrogens (primary N) is 1. The van der Waals surface area contributed by atoms with Crippen LogP contribution in [0.1, 0.15) is 18.1 Å². The van der Waals surface area contributed by atoms with Crippen molar-refractivity contribution in [3.05, 3.63) is 53.6 Å². The lowest BCUT2D eigenvalue weighted by Crippen LogP contribution is -2.39. The van der Waals surface area contributed by atoms with Crippen molar-refractivity contribution in [1.29, 1.82) is 0 Å². The molecule has 0 saturated heterocycles. The Morgan fingerprint density at radius 1 is 1.26 bits per heavy atom. The topological polar surface area (TPSA) is 67.6 Å². The van der Waals surface area contributed by atoms with Gasteiger partial charge in [-0.25, -0.2) is 4.79 Å². The largest absolute Gasteiger partial charge is 0.492 e. The first-order valence-corrected chi connectivity index (χ1v) is 7.82. The second-order valence-electron chi connectivity index (χ2n) is 5.56. The van der Waals surface area contributed by atoms with E-state index in [1.807, 2.05) is 49.4 Å². The molecular weight excluding hydrogens is 290 g/mol. The van der Waals surface area contributed by atoms with E-state index in [9.17, 15) is 4.79 Å². The fraction of sp³-hybridized carbons (Fsp3) is 0.278. The van der Waals surface area contributed by atoms with Crippen LogP contribution < -0.4 is 15.8 Å². The number of urea groups is 1. The molecule has 5 nitrogen and oxygen atoms in total. The summed E-state index contributed by atoms with van der Waals surface area (Å²) in [5.41, 5.74) is 9.64. The number of nitrogen functional groups attached to an aromatic ring is 1. The van der Waals surface area contributed by atoms with Crippen molar-refractivity contribution in [2.45, 2.75) is 19.9 Å². The highest BCUT2D eigenvalue weighted by Gasteiger charge is 2.21. The second kappa shape index (κ2) is 6.60. The van der Waals surface area contributed by atoms with Crippen LogP contribution in [-0.2, 0) is 13.0 Å². The van der Waals surface area contributed by atoms with Crippen LogP contribution in [0.15, 0.2) is 42.5 Å². The number of amides is 2. The first-order chi connectivity index (χ1) is 11.2. The van der Waals surface area contributed by atoms with E-state index in [0.29, 0.717) is 31.1 Å². The lowest BCUT2D eigenvalue weighted by atomic mass is 9.99. The van der Waals surface area contributed by atoms with Crippen molar-refractivity contribution in [3.63, 3.8) is 0 Å². The predicted octanol–water partition coefficient (Wildman–Crippen LogP) is 3.26. The number of hydrogen-bond donors (Lipinski definition) is 2. The van der Waals surface area contributed by atoms with Gasteiger partial charge in [-0.1, -0.05) is 18.2 Å². The highest BCUT2D eigenvalue weighted by Crippen LogP contribution is 2.26. The Morgan fingerprint density at radius 3 is 2.91 bits per heavy atom. The molecule has 1 aliphatic rings.